The quantitative estimate of drug-likeness (QED) is 0.701. The van der Waals surface area contributed by atoms with E-state index in [2.05, 4.69) is 10.3 Å². The highest BCUT2D eigenvalue weighted by Crippen LogP contribution is 2.26. The Morgan fingerprint density at radius 3 is 2.88 bits per heavy atom. The number of thioether (sulfide) groups is 1. The molecule has 1 atom stereocenters. The summed E-state index contributed by atoms with van der Waals surface area (Å²) in [6.45, 7) is 3.96. The number of amides is 1. The standard InChI is InChI=1S/C19H20N2O2S/c1-3-18(24-12-14-7-6-10-23-14)19(22)21-17-11-13(2)20-16-9-5-4-8-15(16)17/h4-11,18H,3,12H2,1-2H3,(H,20,21,22). The third-order valence-electron chi connectivity index (χ3n) is 3.77. The normalized spacial score (nSPS) is 12.2. The van der Waals surface area contributed by atoms with Gasteiger partial charge in [0.2, 0.25) is 5.91 Å². The van der Waals surface area contributed by atoms with Gasteiger partial charge in [0.25, 0.3) is 0 Å². The zero-order valence-electron chi connectivity index (χ0n) is 13.8. The molecular formula is C19H20N2O2S. The highest BCUT2D eigenvalue weighted by atomic mass is 32.2. The summed E-state index contributed by atoms with van der Waals surface area (Å²) in [5, 5.41) is 3.91. The van der Waals surface area contributed by atoms with E-state index in [9.17, 15) is 4.79 Å². The number of benzene rings is 1. The van der Waals surface area contributed by atoms with Gasteiger partial charge in [-0.05, 0) is 37.6 Å². The van der Waals surface area contributed by atoms with E-state index in [1.165, 1.54) is 0 Å². The van der Waals surface area contributed by atoms with Crippen LogP contribution < -0.4 is 5.32 Å². The lowest BCUT2D eigenvalue weighted by atomic mass is 10.1. The van der Waals surface area contributed by atoms with Crippen LogP contribution in [0.2, 0.25) is 0 Å². The molecule has 0 aliphatic carbocycles. The molecule has 1 unspecified atom stereocenters. The minimum atomic E-state index is -0.123. The van der Waals surface area contributed by atoms with Gasteiger partial charge in [0.15, 0.2) is 0 Å². The van der Waals surface area contributed by atoms with E-state index in [1.54, 1.807) is 18.0 Å². The summed E-state index contributed by atoms with van der Waals surface area (Å²) < 4.78 is 5.34. The number of hydrogen-bond acceptors (Lipinski definition) is 4. The van der Waals surface area contributed by atoms with E-state index in [-0.39, 0.29) is 11.2 Å². The van der Waals surface area contributed by atoms with E-state index in [4.69, 9.17) is 4.42 Å². The molecule has 2 aromatic heterocycles. The maximum atomic E-state index is 12.7. The number of nitrogens with one attached hydrogen (secondary N) is 1. The minimum absolute atomic E-state index is 0.0183. The number of carbonyl (C=O) groups excluding carboxylic acids is 1. The molecule has 1 aromatic carbocycles. The molecule has 1 N–H and O–H groups in total. The molecule has 2 heterocycles. The Morgan fingerprint density at radius 1 is 1.29 bits per heavy atom. The molecule has 0 spiro atoms. The molecule has 124 valence electrons. The minimum Gasteiger partial charge on any atom is -0.468 e. The summed E-state index contributed by atoms with van der Waals surface area (Å²) in [6.07, 6.45) is 2.42. The highest BCUT2D eigenvalue weighted by Gasteiger charge is 2.19. The molecule has 24 heavy (non-hydrogen) atoms. The van der Waals surface area contributed by atoms with Crippen molar-refractivity contribution in [2.24, 2.45) is 0 Å². The Balaban J connectivity index is 1.75. The van der Waals surface area contributed by atoms with Crippen molar-refractivity contribution in [3.05, 3.63) is 60.2 Å². The SMILES string of the molecule is CCC(SCc1ccco1)C(=O)Nc1cc(C)nc2ccccc12. The van der Waals surface area contributed by atoms with Gasteiger partial charge in [-0.2, -0.15) is 0 Å². The number of aromatic nitrogens is 1. The van der Waals surface area contributed by atoms with Crippen molar-refractivity contribution in [3.63, 3.8) is 0 Å². The van der Waals surface area contributed by atoms with Crippen LogP contribution in [0.1, 0.15) is 24.8 Å². The Morgan fingerprint density at radius 2 is 2.12 bits per heavy atom. The Bertz CT molecular complexity index is 831. The summed E-state index contributed by atoms with van der Waals surface area (Å²) in [7, 11) is 0. The first kappa shape index (κ1) is 16.6. The van der Waals surface area contributed by atoms with Gasteiger partial charge >= 0.3 is 0 Å². The number of fused-ring (bicyclic) bond motifs is 1. The van der Waals surface area contributed by atoms with Crippen LogP contribution in [0.5, 0.6) is 0 Å². The molecule has 0 fully saturated rings. The third kappa shape index (κ3) is 3.79. The molecule has 3 rings (SSSR count). The van der Waals surface area contributed by atoms with Crippen molar-refractivity contribution in [2.45, 2.75) is 31.3 Å². The number of anilines is 1. The maximum absolute atomic E-state index is 12.7. The van der Waals surface area contributed by atoms with Gasteiger partial charge in [-0.3, -0.25) is 9.78 Å². The van der Waals surface area contributed by atoms with Gasteiger partial charge in [-0.25, -0.2) is 0 Å². The fraction of sp³-hybridized carbons (Fsp3) is 0.263. The van der Waals surface area contributed by atoms with Gasteiger partial charge in [-0.1, -0.05) is 25.1 Å². The van der Waals surface area contributed by atoms with Crippen LogP contribution in [0, 0.1) is 6.92 Å². The predicted molar refractivity (Wildman–Crippen MR) is 99.2 cm³/mol. The van der Waals surface area contributed by atoms with E-state index in [0.29, 0.717) is 5.75 Å². The zero-order chi connectivity index (χ0) is 16.9. The molecule has 0 aliphatic rings. The number of para-hydroxylation sites is 1. The second-order valence-electron chi connectivity index (χ2n) is 5.60. The largest absolute Gasteiger partial charge is 0.468 e. The average molecular weight is 340 g/mol. The molecule has 0 bridgehead atoms. The van der Waals surface area contributed by atoms with E-state index in [1.807, 2.05) is 56.3 Å². The number of carbonyl (C=O) groups is 1. The lowest BCUT2D eigenvalue weighted by molar-refractivity contribution is -0.115. The monoisotopic (exact) mass is 340 g/mol. The molecular weight excluding hydrogens is 320 g/mol. The van der Waals surface area contributed by atoms with E-state index >= 15 is 0 Å². The van der Waals surface area contributed by atoms with Crippen LogP contribution in [0.25, 0.3) is 10.9 Å². The van der Waals surface area contributed by atoms with Gasteiger partial charge < -0.3 is 9.73 Å². The fourth-order valence-electron chi connectivity index (χ4n) is 2.58. The van der Waals surface area contributed by atoms with Crippen LogP contribution in [0.3, 0.4) is 0 Å². The van der Waals surface area contributed by atoms with Gasteiger partial charge in [-0.15, -0.1) is 11.8 Å². The van der Waals surface area contributed by atoms with Crippen molar-refractivity contribution >= 4 is 34.3 Å². The number of furan rings is 1. The van der Waals surface area contributed by atoms with Gasteiger partial charge in [0.1, 0.15) is 5.76 Å². The van der Waals surface area contributed by atoms with Crippen molar-refractivity contribution in [1.29, 1.82) is 0 Å². The smallest absolute Gasteiger partial charge is 0.237 e. The zero-order valence-corrected chi connectivity index (χ0v) is 14.6. The van der Waals surface area contributed by atoms with Crippen molar-refractivity contribution in [3.8, 4) is 0 Å². The van der Waals surface area contributed by atoms with Gasteiger partial charge in [0, 0.05) is 11.1 Å². The summed E-state index contributed by atoms with van der Waals surface area (Å²) >= 11 is 1.59. The Labute approximate surface area is 145 Å². The van der Waals surface area contributed by atoms with Crippen molar-refractivity contribution < 1.29 is 9.21 Å². The summed E-state index contributed by atoms with van der Waals surface area (Å²) in [6, 6.07) is 13.6. The first-order valence-corrected chi connectivity index (χ1v) is 9.03. The highest BCUT2D eigenvalue weighted by molar-refractivity contribution is 7.99. The van der Waals surface area contributed by atoms with E-state index < -0.39 is 0 Å². The fourth-order valence-corrected chi connectivity index (χ4v) is 3.56. The number of aryl methyl sites for hydroxylation is 1. The lowest BCUT2D eigenvalue weighted by Gasteiger charge is -2.15. The molecule has 4 nitrogen and oxygen atoms in total. The second-order valence-corrected chi connectivity index (χ2v) is 6.80. The van der Waals surface area contributed by atoms with E-state index in [0.717, 1.165) is 34.5 Å². The third-order valence-corrected chi connectivity index (χ3v) is 5.17. The first-order valence-electron chi connectivity index (χ1n) is 7.98. The van der Waals surface area contributed by atoms with Crippen LogP contribution in [-0.4, -0.2) is 16.1 Å². The van der Waals surface area contributed by atoms with Gasteiger partial charge in [0.05, 0.1) is 28.5 Å². The van der Waals surface area contributed by atoms with Crippen LogP contribution in [0.15, 0.2) is 53.1 Å². The van der Waals surface area contributed by atoms with Crippen molar-refractivity contribution in [2.75, 3.05) is 5.32 Å². The number of nitrogens with zero attached hydrogens (tertiary/aromatic N) is 1. The Hall–Kier alpha value is -2.27. The molecule has 5 heteroatoms. The van der Waals surface area contributed by atoms with Crippen LogP contribution >= 0.6 is 11.8 Å². The summed E-state index contributed by atoms with van der Waals surface area (Å²) in [4.78, 5) is 17.2. The molecule has 3 aromatic rings. The number of pyridine rings is 1. The predicted octanol–water partition coefficient (Wildman–Crippen LogP) is 4.79. The molecule has 0 saturated carbocycles. The molecule has 0 saturated heterocycles. The Kier molecular flexibility index (Phi) is 5.20. The van der Waals surface area contributed by atoms with Crippen LogP contribution in [-0.2, 0) is 10.5 Å². The van der Waals surface area contributed by atoms with Crippen LogP contribution in [0.4, 0.5) is 5.69 Å². The topological polar surface area (TPSA) is 55.1 Å². The average Bonchev–Trinajstić information content (AvgIpc) is 3.08. The molecule has 1 amide bonds. The first-order chi connectivity index (χ1) is 11.7. The molecule has 0 aliphatic heterocycles. The number of rotatable bonds is 6. The molecule has 0 radical (unpaired) electrons. The van der Waals surface area contributed by atoms with Crippen molar-refractivity contribution in [1.82, 2.24) is 4.98 Å². The summed E-state index contributed by atoms with van der Waals surface area (Å²) in [5.74, 6) is 1.59. The second kappa shape index (κ2) is 7.53. The maximum Gasteiger partial charge on any atom is 0.237 e. The number of hydrogen-bond donors (Lipinski definition) is 1. The lowest BCUT2D eigenvalue weighted by Crippen LogP contribution is -2.25. The summed E-state index contributed by atoms with van der Waals surface area (Å²) in [5.41, 5.74) is 2.60.